The molecule has 0 aliphatic heterocycles. The molecule has 0 radical (unpaired) electrons. The molecule has 0 bridgehead atoms. The van der Waals surface area contributed by atoms with Gasteiger partial charge >= 0.3 is 0 Å². The summed E-state index contributed by atoms with van der Waals surface area (Å²) in [5.74, 6) is -0.859. The Hall–Kier alpha value is -2.56. The lowest BCUT2D eigenvalue weighted by Crippen LogP contribution is -2.24. The van der Waals surface area contributed by atoms with Crippen LogP contribution in [0.4, 0.5) is 15.8 Å². The SMILES string of the molecule is CC(c1ccccc1F)N(C)c1cccc(C(N)=O)c1N. The zero-order valence-corrected chi connectivity index (χ0v) is 12.0. The number of primary amides is 1. The van der Waals surface area contributed by atoms with E-state index in [-0.39, 0.29) is 17.4 Å². The lowest BCUT2D eigenvalue weighted by atomic mass is 10.0. The average molecular weight is 287 g/mol. The van der Waals surface area contributed by atoms with Crippen LogP contribution in [0.2, 0.25) is 0 Å². The quantitative estimate of drug-likeness (QED) is 0.849. The van der Waals surface area contributed by atoms with Gasteiger partial charge in [0.1, 0.15) is 5.82 Å². The summed E-state index contributed by atoms with van der Waals surface area (Å²) in [5.41, 5.74) is 13.1. The van der Waals surface area contributed by atoms with Crippen LogP contribution in [0.15, 0.2) is 42.5 Å². The van der Waals surface area contributed by atoms with E-state index >= 15 is 0 Å². The van der Waals surface area contributed by atoms with Crippen LogP contribution in [-0.4, -0.2) is 13.0 Å². The topological polar surface area (TPSA) is 72.3 Å². The molecule has 1 unspecified atom stereocenters. The molecule has 0 spiro atoms. The number of hydrogen-bond donors (Lipinski definition) is 2. The van der Waals surface area contributed by atoms with Crippen molar-refractivity contribution in [2.45, 2.75) is 13.0 Å². The van der Waals surface area contributed by atoms with Crippen LogP contribution in [0.25, 0.3) is 0 Å². The number of nitrogen functional groups attached to an aromatic ring is 1. The maximum absolute atomic E-state index is 13.9. The number of rotatable bonds is 4. The fraction of sp³-hybridized carbons (Fsp3) is 0.188. The molecule has 0 heterocycles. The summed E-state index contributed by atoms with van der Waals surface area (Å²) in [4.78, 5) is 13.2. The van der Waals surface area contributed by atoms with Gasteiger partial charge in [-0.2, -0.15) is 0 Å². The van der Waals surface area contributed by atoms with Gasteiger partial charge in [-0.3, -0.25) is 4.79 Å². The Morgan fingerprint density at radius 1 is 1.19 bits per heavy atom. The molecule has 1 amide bonds. The second kappa shape index (κ2) is 5.83. The van der Waals surface area contributed by atoms with Gasteiger partial charge < -0.3 is 16.4 Å². The first-order chi connectivity index (χ1) is 9.93. The van der Waals surface area contributed by atoms with E-state index in [9.17, 15) is 9.18 Å². The van der Waals surface area contributed by atoms with Crippen molar-refractivity contribution >= 4 is 17.3 Å². The van der Waals surface area contributed by atoms with E-state index in [0.29, 0.717) is 16.9 Å². The third-order valence-corrected chi connectivity index (χ3v) is 3.66. The normalized spacial score (nSPS) is 12.0. The Kier molecular flexibility index (Phi) is 4.12. The zero-order chi connectivity index (χ0) is 15.6. The highest BCUT2D eigenvalue weighted by Crippen LogP contribution is 2.32. The maximum Gasteiger partial charge on any atom is 0.250 e. The van der Waals surface area contributed by atoms with Crippen molar-refractivity contribution in [3.05, 3.63) is 59.4 Å². The van der Waals surface area contributed by atoms with Gasteiger partial charge in [0.2, 0.25) is 0 Å². The van der Waals surface area contributed by atoms with Crippen molar-refractivity contribution in [1.29, 1.82) is 0 Å². The Bertz CT molecular complexity index is 672. The number of carbonyl (C=O) groups is 1. The molecule has 2 rings (SSSR count). The van der Waals surface area contributed by atoms with Crippen molar-refractivity contribution in [3.63, 3.8) is 0 Å². The van der Waals surface area contributed by atoms with Gasteiger partial charge in [0, 0.05) is 12.6 Å². The molecule has 4 nitrogen and oxygen atoms in total. The Labute approximate surface area is 123 Å². The molecular formula is C16H18FN3O. The van der Waals surface area contributed by atoms with Crippen molar-refractivity contribution in [1.82, 2.24) is 0 Å². The molecule has 110 valence electrons. The number of anilines is 2. The molecule has 0 aliphatic rings. The summed E-state index contributed by atoms with van der Waals surface area (Å²) in [5, 5.41) is 0. The summed E-state index contributed by atoms with van der Waals surface area (Å²) >= 11 is 0. The number of para-hydroxylation sites is 1. The smallest absolute Gasteiger partial charge is 0.250 e. The Balaban J connectivity index is 2.41. The molecule has 5 heteroatoms. The van der Waals surface area contributed by atoms with Crippen LogP contribution < -0.4 is 16.4 Å². The number of amides is 1. The van der Waals surface area contributed by atoms with E-state index in [0.717, 1.165) is 0 Å². The second-order valence-corrected chi connectivity index (χ2v) is 4.91. The summed E-state index contributed by atoms with van der Waals surface area (Å²) in [6, 6.07) is 11.4. The van der Waals surface area contributed by atoms with Crippen LogP contribution >= 0.6 is 0 Å². The predicted octanol–water partition coefficient (Wildman–Crippen LogP) is 2.70. The number of nitrogens with two attached hydrogens (primary N) is 2. The zero-order valence-electron chi connectivity index (χ0n) is 12.0. The van der Waals surface area contributed by atoms with Crippen LogP contribution in [-0.2, 0) is 0 Å². The average Bonchev–Trinajstić information content (AvgIpc) is 2.46. The van der Waals surface area contributed by atoms with E-state index in [4.69, 9.17) is 11.5 Å². The molecule has 1 atom stereocenters. The maximum atomic E-state index is 13.9. The standard InChI is InChI=1S/C16H18FN3O/c1-10(11-6-3-4-8-13(11)17)20(2)14-9-5-7-12(15(14)18)16(19)21/h3-10H,18H2,1-2H3,(H2,19,21). The van der Waals surface area contributed by atoms with Gasteiger partial charge in [0.15, 0.2) is 0 Å². The van der Waals surface area contributed by atoms with Gasteiger partial charge in [0.05, 0.1) is 23.0 Å². The van der Waals surface area contributed by atoms with Crippen LogP contribution in [0, 0.1) is 5.82 Å². The summed E-state index contributed by atoms with van der Waals surface area (Å²) in [6.45, 7) is 1.87. The molecule has 21 heavy (non-hydrogen) atoms. The molecule has 2 aromatic rings. The van der Waals surface area contributed by atoms with E-state index in [1.165, 1.54) is 6.07 Å². The van der Waals surface area contributed by atoms with E-state index in [2.05, 4.69) is 0 Å². The predicted molar refractivity (Wildman–Crippen MR) is 82.6 cm³/mol. The summed E-state index contributed by atoms with van der Waals surface area (Å²) in [6.07, 6.45) is 0. The van der Waals surface area contributed by atoms with Gasteiger partial charge in [-0.15, -0.1) is 0 Å². The number of hydrogen-bond acceptors (Lipinski definition) is 3. The molecular weight excluding hydrogens is 269 g/mol. The minimum Gasteiger partial charge on any atom is -0.396 e. The van der Waals surface area contributed by atoms with Crippen molar-refractivity contribution < 1.29 is 9.18 Å². The second-order valence-electron chi connectivity index (χ2n) is 4.91. The van der Waals surface area contributed by atoms with Gasteiger partial charge in [0.25, 0.3) is 5.91 Å². The van der Waals surface area contributed by atoms with Gasteiger partial charge in [-0.05, 0) is 25.1 Å². The molecule has 0 fully saturated rings. The Morgan fingerprint density at radius 3 is 2.48 bits per heavy atom. The highest BCUT2D eigenvalue weighted by molar-refractivity contribution is 6.00. The fourth-order valence-electron chi connectivity index (χ4n) is 2.31. The van der Waals surface area contributed by atoms with Crippen molar-refractivity contribution in [3.8, 4) is 0 Å². The van der Waals surface area contributed by atoms with E-state index < -0.39 is 5.91 Å². The fourth-order valence-corrected chi connectivity index (χ4v) is 2.31. The largest absolute Gasteiger partial charge is 0.396 e. The first kappa shape index (κ1) is 14.8. The van der Waals surface area contributed by atoms with Crippen LogP contribution in [0.5, 0.6) is 0 Å². The van der Waals surface area contributed by atoms with Gasteiger partial charge in [-0.25, -0.2) is 4.39 Å². The van der Waals surface area contributed by atoms with Crippen LogP contribution in [0.3, 0.4) is 0 Å². The molecule has 0 aromatic heterocycles. The number of halogens is 1. The monoisotopic (exact) mass is 287 g/mol. The molecule has 0 saturated heterocycles. The molecule has 2 aromatic carbocycles. The number of benzene rings is 2. The lowest BCUT2D eigenvalue weighted by molar-refractivity contribution is 0.100. The third-order valence-electron chi connectivity index (χ3n) is 3.66. The number of nitrogens with zero attached hydrogens (tertiary/aromatic N) is 1. The summed E-state index contributed by atoms with van der Waals surface area (Å²) < 4.78 is 13.9. The van der Waals surface area contributed by atoms with Crippen molar-refractivity contribution in [2.75, 3.05) is 17.7 Å². The van der Waals surface area contributed by atoms with Crippen molar-refractivity contribution in [2.24, 2.45) is 5.73 Å². The lowest BCUT2D eigenvalue weighted by Gasteiger charge is -2.29. The molecule has 0 aliphatic carbocycles. The minimum atomic E-state index is -0.582. The molecule has 4 N–H and O–H groups in total. The van der Waals surface area contributed by atoms with E-state index in [1.54, 1.807) is 43.4 Å². The number of carbonyl (C=O) groups excluding carboxylic acids is 1. The Morgan fingerprint density at radius 2 is 1.86 bits per heavy atom. The highest BCUT2D eigenvalue weighted by atomic mass is 19.1. The first-order valence-corrected chi connectivity index (χ1v) is 6.59. The first-order valence-electron chi connectivity index (χ1n) is 6.59. The van der Waals surface area contributed by atoms with Gasteiger partial charge in [-0.1, -0.05) is 24.3 Å². The molecule has 0 saturated carbocycles. The van der Waals surface area contributed by atoms with E-state index in [1.807, 2.05) is 11.8 Å². The summed E-state index contributed by atoms with van der Waals surface area (Å²) in [7, 11) is 1.80. The highest BCUT2D eigenvalue weighted by Gasteiger charge is 2.19. The minimum absolute atomic E-state index is 0.239. The van der Waals surface area contributed by atoms with Crippen LogP contribution in [0.1, 0.15) is 28.9 Å². The third kappa shape index (κ3) is 2.81.